The fraction of sp³-hybridized carbons (Fsp3) is 0.346. The van der Waals surface area contributed by atoms with Crippen LogP contribution in [0.2, 0.25) is 0 Å². The number of anilines is 4. The number of amides is 2. The maximum atomic E-state index is 13.3. The van der Waals surface area contributed by atoms with E-state index in [0.717, 1.165) is 12.2 Å². The molecule has 4 aromatic rings. The summed E-state index contributed by atoms with van der Waals surface area (Å²) in [6.45, 7) is 5.26. The van der Waals surface area contributed by atoms with Crippen LogP contribution in [0.25, 0.3) is 12.2 Å². The Morgan fingerprint density at radius 1 is 0.434 bits per heavy atom. The van der Waals surface area contributed by atoms with Gasteiger partial charge < -0.3 is 61.7 Å². The number of carbonyl (C=O) groups is 4. The van der Waals surface area contributed by atoms with E-state index in [0.29, 0.717) is 64.6 Å². The van der Waals surface area contributed by atoms with Crippen molar-refractivity contribution in [2.75, 3.05) is 140 Å². The zero-order chi connectivity index (χ0) is 61.5. The van der Waals surface area contributed by atoms with Crippen LogP contribution < -0.4 is 21.5 Å². The maximum absolute atomic E-state index is 13.3. The molecule has 2 amide bonds. The van der Waals surface area contributed by atoms with Gasteiger partial charge in [0.2, 0.25) is 11.6 Å². The lowest BCUT2D eigenvalue weighted by Crippen LogP contribution is -2.32. The molecule has 2 aliphatic carbocycles. The highest BCUT2D eigenvalue weighted by molar-refractivity contribution is 7.91. The molecule has 0 saturated carbocycles. The molecule has 0 bridgehead atoms. The zero-order valence-electron chi connectivity index (χ0n) is 44.7. The third-order valence-electron chi connectivity index (χ3n) is 11.4. The summed E-state index contributed by atoms with van der Waals surface area (Å²) in [6.07, 6.45) is 2.01. The van der Waals surface area contributed by atoms with E-state index >= 15 is 0 Å². The second kappa shape index (κ2) is 36.3. The molecule has 0 unspecified atom stereocenters. The Kier molecular flexibility index (Phi) is 30.6. The van der Waals surface area contributed by atoms with Gasteiger partial charge in [-0.1, -0.05) is 18.2 Å². The molecular formula is C52H69N9O20S2. The van der Waals surface area contributed by atoms with Crippen LogP contribution in [0.5, 0.6) is 0 Å². The minimum absolute atomic E-state index is 0.0135. The lowest BCUT2D eigenvalue weighted by atomic mass is 9.94. The minimum Gasteiger partial charge on any atom is -0.478 e. The number of hydrogen-bond acceptors (Lipinski definition) is 24. The van der Waals surface area contributed by atoms with Crippen molar-refractivity contribution in [3.63, 3.8) is 0 Å². The number of ketones is 2. The van der Waals surface area contributed by atoms with Crippen LogP contribution in [0.1, 0.15) is 42.2 Å². The van der Waals surface area contributed by atoms with Gasteiger partial charge in [0.1, 0.15) is 9.81 Å². The highest BCUT2D eigenvalue weighted by Gasteiger charge is 2.34. The Morgan fingerprint density at radius 3 is 1.02 bits per heavy atom. The fourth-order valence-electron chi connectivity index (χ4n) is 7.45. The summed E-state index contributed by atoms with van der Waals surface area (Å²) in [7, 11) is -9.92. The van der Waals surface area contributed by atoms with E-state index in [4.69, 9.17) is 51.1 Å². The second-order valence-electron chi connectivity index (χ2n) is 17.2. The number of carboxylic acids is 1. The minimum atomic E-state index is -4.99. The number of carboxylic acid groups (broad SMARTS) is 1. The normalized spacial score (nSPS) is 13.8. The summed E-state index contributed by atoms with van der Waals surface area (Å²) in [5, 5.41) is 98.2. The Labute approximate surface area is 478 Å². The molecule has 0 heterocycles. The predicted octanol–water partition coefficient (Wildman–Crippen LogP) is -0.389. The number of carbonyl (C=O) groups excluding carboxylic acids is 3. The number of para-hydroxylation sites is 1. The van der Waals surface area contributed by atoms with Gasteiger partial charge in [0.15, 0.2) is 11.4 Å². The Balaban J connectivity index is 0.000000489. The highest BCUT2D eigenvalue weighted by Crippen LogP contribution is 2.30. The van der Waals surface area contributed by atoms with Crippen molar-refractivity contribution >= 4 is 90.1 Å². The number of aliphatic hydroxyl groups is 9. The number of aliphatic hydroxyl groups excluding tert-OH is 9. The van der Waals surface area contributed by atoms with E-state index in [1.807, 2.05) is 0 Å². The number of rotatable bonds is 27. The summed E-state index contributed by atoms with van der Waals surface area (Å²) in [6, 6.07) is 20.6. The number of aromatic carboxylic acids is 1. The van der Waals surface area contributed by atoms with Crippen LogP contribution in [0.3, 0.4) is 0 Å². The van der Waals surface area contributed by atoms with Gasteiger partial charge in [0.05, 0.1) is 76.4 Å². The number of Topliss-reactive ketones (excluding diaryl/α,β-unsaturated/α-hetero) is 2. The number of urea groups is 1. The second-order valence-corrected chi connectivity index (χ2v) is 20.0. The molecule has 29 nitrogen and oxygen atoms in total. The summed E-state index contributed by atoms with van der Waals surface area (Å²) in [5.74, 6) is -2.87. The van der Waals surface area contributed by atoms with Crippen LogP contribution in [0.15, 0.2) is 111 Å². The van der Waals surface area contributed by atoms with Crippen molar-refractivity contribution in [2.45, 2.75) is 0 Å². The predicted molar refractivity (Wildman–Crippen MR) is 308 cm³/mol. The Hall–Kier alpha value is -7.28. The van der Waals surface area contributed by atoms with E-state index < -0.39 is 65.0 Å². The van der Waals surface area contributed by atoms with Gasteiger partial charge in [0.25, 0.3) is 20.2 Å². The van der Waals surface area contributed by atoms with Crippen LogP contribution in [-0.2, 0) is 20.2 Å². The first kappa shape index (κ1) is 70.0. The molecule has 0 fully saturated rings. The van der Waals surface area contributed by atoms with Gasteiger partial charge in [0, 0.05) is 81.4 Å². The molecule has 16 N–H and O–H groups in total. The number of allylic oxidation sites excluding steroid dienone is 2. The molecular weight excluding hydrogens is 1130 g/mol. The van der Waals surface area contributed by atoms with Crippen LogP contribution in [0, 0.1) is 0 Å². The van der Waals surface area contributed by atoms with Crippen molar-refractivity contribution in [1.29, 1.82) is 0 Å². The van der Waals surface area contributed by atoms with Gasteiger partial charge in [-0.15, -0.1) is 0 Å². The van der Waals surface area contributed by atoms with Crippen LogP contribution in [-0.4, -0.2) is 245 Å². The Bertz CT molecular complexity index is 3030. The summed E-state index contributed by atoms with van der Waals surface area (Å²) < 4.78 is 68.7. The molecule has 83 heavy (non-hydrogen) atoms. The number of fused-ring (bicyclic) bond motifs is 2. The zero-order valence-corrected chi connectivity index (χ0v) is 46.4. The van der Waals surface area contributed by atoms with E-state index in [9.17, 15) is 45.1 Å². The van der Waals surface area contributed by atoms with Crippen molar-refractivity contribution in [2.24, 2.45) is 10.2 Å². The standard InChI is InChI=1S/C34H24N6O11S2.3C6H15NO3/c41-31-25-12-10-23(14-19(25)16-27(52(46,47)48)29(31)39-37-21-4-2-1-3-5-21)35-34(45)36-24-11-13-26-20(15-24)17-28(53(49,50)51)30(32(26)42)40-38-22-8-6-18(7-9-22)33(43)44;3*8-4-1-7(2-5-9)3-6-10/h1-17,37-38H,(H,43,44)(H2,35,36,45)(H,46,47,48)(H,49,50,51);3*8-10H,1-6H2/b39-29-,40-30+;;;. The molecule has 6 rings (SSSR count). The molecule has 454 valence electrons. The number of hydrazone groups is 2. The highest BCUT2D eigenvalue weighted by atomic mass is 32.2. The fourth-order valence-corrected chi connectivity index (χ4v) is 8.77. The van der Waals surface area contributed by atoms with E-state index in [1.165, 1.54) is 60.7 Å². The average molecular weight is 1200 g/mol. The first-order valence-electron chi connectivity index (χ1n) is 25.2. The number of hydrogen-bond donors (Lipinski definition) is 16. The summed E-state index contributed by atoms with van der Waals surface area (Å²) in [4.78, 5) is 54.4. The molecule has 0 aromatic heterocycles. The molecule has 0 atom stereocenters. The maximum Gasteiger partial charge on any atom is 0.335 e. The molecule has 0 radical (unpaired) electrons. The lowest BCUT2D eigenvalue weighted by Gasteiger charge is -2.18. The quantitative estimate of drug-likeness (QED) is 0.0267. The van der Waals surface area contributed by atoms with Crippen molar-refractivity contribution in [3.8, 4) is 0 Å². The summed E-state index contributed by atoms with van der Waals surface area (Å²) in [5.41, 5.74) is 4.78. The lowest BCUT2D eigenvalue weighted by molar-refractivity contribution is 0.0696. The van der Waals surface area contributed by atoms with Crippen molar-refractivity contribution in [1.82, 2.24) is 14.7 Å². The largest absolute Gasteiger partial charge is 0.478 e. The molecule has 4 aromatic carbocycles. The molecule has 31 heteroatoms. The van der Waals surface area contributed by atoms with Crippen molar-refractivity contribution in [3.05, 3.63) is 129 Å². The van der Waals surface area contributed by atoms with Crippen LogP contribution in [0.4, 0.5) is 27.5 Å². The van der Waals surface area contributed by atoms with Gasteiger partial charge in [-0.05, 0) is 96.1 Å². The molecule has 0 aliphatic heterocycles. The van der Waals surface area contributed by atoms with E-state index in [-0.39, 0.29) is 104 Å². The molecule has 0 saturated heterocycles. The smallest absolute Gasteiger partial charge is 0.335 e. The number of benzene rings is 4. The van der Waals surface area contributed by atoms with Gasteiger partial charge in [-0.3, -0.25) is 44.2 Å². The molecule has 0 spiro atoms. The Morgan fingerprint density at radius 2 is 0.735 bits per heavy atom. The van der Waals surface area contributed by atoms with Gasteiger partial charge >= 0.3 is 12.0 Å². The number of nitrogens with zero attached hydrogens (tertiary/aromatic N) is 5. The van der Waals surface area contributed by atoms with Crippen molar-refractivity contribution < 1.29 is 96.2 Å². The topological polar surface area (TPSA) is 462 Å². The SMILES string of the molecule is O=C(Nc1ccc2c(c1)C=C(S(=O)(=O)O)/C(=N\Nc1ccc(C(=O)O)cc1)C2=O)Nc1ccc2c(c1)C=C(S(=O)(=O)O)/C(=N/Nc1ccccc1)C2=O.OCCN(CCO)CCO.OCCN(CCO)CCO.OCCN(CCO)CCO. The first-order valence-corrected chi connectivity index (χ1v) is 28.1. The van der Waals surface area contributed by atoms with E-state index in [2.05, 4.69) is 31.7 Å². The summed E-state index contributed by atoms with van der Waals surface area (Å²) >= 11 is 0. The molecule has 2 aliphatic rings. The van der Waals surface area contributed by atoms with Gasteiger partial charge in [-0.25, -0.2) is 9.59 Å². The van der Waals surface area contributed by atoms with Crippen LogP contribution >= 0.6 is 0 Å². The third-order valence-corrected chi connectivity index (χ3v) is 13.1. The van der Waals surface area contributed by atoms with Gasteiger partial charge in [-0.2, -0.15) is 27.0 Å². The van der Waals surface area contributed by atoms with E-state index in [1.54, 1.807) is 45.0 Å². The monoisotopic (exact) mass is 1200 g/mol. The first-order chi connectivity index (χ1) is 39.6. The number of nitrogens with one attached hydrogen (secondary N) is 4. The average Bonchev–Trinajstić information content (AvgIpc) is 2.14. The third kappa shape index (κ3) is 23.5.